The number of aromatic amines is 1. The van der Waals surface area contributed by atoms with Crippen LogP contribution in [0.1, 0.15) is 17.1 Å². The zero-order valence-corrected chi connectivity index (χ0v) is 12.6. The van der Waals surface area contributed by atoms with E-state index in [4.69, 9.17) is 4.42 Å². The van der Waals surface area contributed by atoms with E-state index in [1.54, 1.807) is 23.8 Å². The van der Waals surface area contributed by atoms with Crippen molar-refractivity contribution in [1.29, 1.82) is 0 Å². The fourth-order valence-corrected chi connectivity index (χ4v) is 3.34. The van der Waals surface area contributed by atoms with Crippen molar-refractivity contribution >= 4 is 11.3 Å². The first kappa shape index (κ1) is 13.4. The molecule has 7 heteroatoms. The predicted octanol–water partition coefficient (Wildman–Crippen LogP) is 2.04. The SMILES string of the molecule is O=c1[nH]c(-c2cccs2)nc2c1CN(Cc1ncco1)CC2. The number of oxazole rings is 1. The Morgan fingerprint density at radius 3 is 3.18 bits per heavy atom. The monoisotopic (exact) mass is 314 g/mol. The van der Waals surface area contributed by atoms with E-state index in [9.17, 15) is 4.79 Å². The van der Waals surface area contributed by atoms with Gasteiger partial charge in [0, 0.05) is 19.5 Å². The Labute approximate surface area is 130 Å². The van der Waals surface area contributed by atoms with Gasteiger partial charge >= 0.3 is 0 Å². The van der Waals surface area contributed by atoms with E-state index < -0.39 is 0 Å². The van der Waals surface area contributed by atoms with E-state index in [1.807, 2.05) is 17.5 Å². The van der Waals surface area contributed by atoms with Gasteiger partial charge in [0.05, 0.1) is 28.9 Å². The number of hydrogen-bond acceptors (Lipinski definition) is 6. The Morgan fingerprint density at radius 1 is 1.45 bits per heavy atom. The lowest BCUT2D eigenvalue weighted by molar-refractivity contribution is 0.218. The highest BCUT2D eigenvalue weighted by atomic mass is 32.1. The van der Waals surface area contributed by atoms with Crippen LogP contribution in [0.2, 0.25) is 0 Å². The van der Waals surface area contributed by atoms with Crippen molar-refractivity contribution in [2.45, 2.75) is 19.5 Å². The summed E-state index contributed by atoms with van der Waals surface area (Å²) in [5, 5.41) is 1.98. The normalized spacial score (nSPS) is 14.9. The summed E-state index contributed by atoms with van der Waals surface area (Å²) in [4.78, 5) is 27.2. The maximum atomic E-state index is 12.4. The zero-order chi connectivity index (χ0) is 14.9. The van der Waals surface area contributed by atoms with Crippen molar-refractivity contribution in [3.63, 3.8) is 0 Å². The average molecular weight is 314 g/mol. The van der Waals surface area contributed by atoms with Crippen LogP contribution in [0.3, 0.4) is 0 Å². The topological polar surface area (TPSA) is 75.0 Å². The number of nitrogens with zero attached hydrogens (tertiary/aromatic N) is 3. The first-order chi connectivity index (χ1) is 10.8. The summed E-state index contributed by atoms with van der Waals surface area (Å²) in [6.45, 7) is 2.03. The van der Waals surface area contributed by atoms with Gasteiger partial charge in [-0.25, -0.2) is 9.97 Å². The molecule has 0 fully saturated rings. The van der Waals surface area contributed by atoms with Crippen LogP contribution in [0, 0.1) is 0 Å². The van der Waals surface area contributed by atoms with Gasteiger partial charge in [0.25, 0.3) is 5.56 Å². The van der Waals surface area contributed by atoms with E-state index in [2.05, 4.69) is 19.9 Å². The standard InChI is InChI=1S/C15H14N4O2S/c20-15-10-8-19(9-13-16-4-6-21-13)5-3-11(10)17-14(18-15)12-2-1-7-22-12/h1-2,4,6-7H,3,5,8-9H2,(H,17,18,20). The third kappa shape index (κ3) is 2.49. The zero-order valence-electron chi connectivity index (χ0n) is 11.8. The molecule has 1 aliphatic rings. The fraction of sp³-hybridized carbons (Fsp3) is 0.267. The van der Waals surface area contributed by atoms with E-state index in [-0.39, 0.29) is 5.56 Å². The summed E-state index contributed by atoms with van der Waals surface area (Å²) in [5.41, 5.74) is 1.60. The molecule has 0 amide bonds. The Balaban J connectivity index is 1.61. The van der Waals surface area contributed by atoms with Crippen LogP contribution in [-0.4, -0.2) is 26.4 Å². The van der Waals surface area contributed by atoms with Gasteiger partial charge in [-0.2, -0.15) is 0 Å². The van der Waals surface area contributed by atoms with Crippen molar-refractivity contribution in [1.82, 2.24) is 19.9 Å². The molecule has 6 nitrogen and oxygen atoms in total. The van der Waals surface area contributed by atoms with Gasteiger partial charge in [-0.3, -0.25) is 9.69 Å². The minimum Gasteiger partial charge on any atom is -0.448 e. The molecule has 112 valence electrons. The molecule has 0 radical (unpaired) electrons. The molecule has 3 aromatic heterocycles. The summed E-state index contributed by atoms with van der Waals surface area (Å²) in [7, 11) is 0. The first-order valence-corrected chi connectivity index (χ1v) is 7.94. The summed E-state index contributed by atoms with van der Waals surface area (Å²) in [5.74, 6) is 1.34. The molecule has 0 aliphatic carbocycles. The Morgan fingerprint density at radius 2 is 2.41 bits per heavy atom. The van der Waals surface area contributed by atoms with E-state index in [0.717, 1.165) is 29.1 Å². The Bertz CT molecular complexity index is 824. The average Bonchev–Trinajstić information content (AvgIpc) is 3.20. The number of rotatable bonds is 3. The maximum absolute atomic E-state index is 12.4. The molecule has 0 saturated carbocycles. The van der Waals surface area contributed by atoms with Crippen LogP contribution in [0.5, 0.6) is 0 Å². The molecule has 0 unspecified atom stereocenters. The summed E-state index contributed by atoms with van der Waals surface area (Å²) in [6, 6.07) is 3.92. The molecule has 0 bridgehead atoms. The second-order valence-electron chi connectivity index (χ2n) is 5.20. The third-order valence-electron chi connectivity index (χ3n) is 3.74. The van der Waals surface area contributed by atoms with Crippen molar-refractivity contribution < 1.29 is 4.42 Å². The van der Waals surface area contributed by atoms with Gasteiger partial charge < -0.3 is 9.40 Å². The van der Waals surface area contributed by atoms with Gasteiger partial charge in [0.15, 0.2) is 5.82 Å². The van der Waals surface area contributed by atoms with Crippen LogP contribution in [0.15, 0.2) is 39.2 Å². The number of aromatic nitrogens is 3. The molecule has 0 atom stereocenters. The molecule has 22 heavy (non-hydrogen) atoms. The molecule has 1 N–H and O–H groups in total. The lowest BCUT2D eigenvalue weighted by Gasteiger charge is -2.26. The molecule has 4 rings (SSSR count). The lowest BCUT2D eigenvalue weighted by Crippen LogP contribution is -2.35. The van der Waals surface area contributed by atoms with Crippen molar-refractivity contribution in [3.05, 3.63) is 57.5 Å². The van der Waals surface area contributed by atoms with Crippen molar-refractivity contribution in [3.8, 4) is 10.7 Å². The highest BCUT2D eigenvalue weighted by Crippen LogP contribution is 2.22. The Kier molecular flexibility index (Phi) is 3.36. The lowest BCUT2D eigenvalue weighted by atomic mass is 10.1. The summed E-state index contributed by atoms with van der Waals surface area (Å²) >= 11 is 1.57. The second-order valence-corrected chi connectivity index (χ2v) is 6.15. The molecule has 4 heterocycles. The number of hydrogen-bond donors (Lipinski definition) is 1. The van der Waals surface area contributed by atoms with E-state index in [0.29, 0.717) is 24.8 Å². The number of H-pyrrole nitrogens is 1. The van der Waals surface area contributed by atoms with Crippen LogP contribution in [0.25, 0.3) is 10.7 Å². The number of thiophene rings is 1. The van der Waals surface area contributed by atoms with Crippen LogP contribution in [0.4, 0.5) is 0 Å². The van der Waals surface area contributed by atoms with E-state index >= 15 is 0 Å². The minimum absolute atomic E-state index is 0.0505. The molecule has 3 aromatic rings. The molecule has 0 spiro atoms. The number of fused-ring (bicyclic) bond motifs is 1. The number of nitrogens with one attached hydrogen (secondary N) is 1. The summed E-state index contributed by atoms with van der Waals surface area (Å²) in [6.07, 6.45) is 3.96. The Hall–Kier alpha value is -2.25. The van der Waals surface area contributed by atoms with E-state index in [1.165, 1.54) is 0 Å². The van der Waals surface area contributed by atoms with Crippen molar-refractivity contribution in [2.75, 3.05) is 6.54 Å². The second kappa shape index (κ2) is 5.51. The molecular weight excluding hydrogens is 300 g/mol. The summed E-state index contributed by atoms with van der Waals surface area (Å²) < 4.78 is 5.27. The highest BCUT2D eigenvalue weighted by Gasteiger charge is 2.22. The van der Waals surface area contributed by atoms with Gasteiger partial charge in [0.1, 0.15) is 6.26 Å². The van der Waals surface area contributed by atoms with Crippen LogP contribution in [-0.2, 0) is 19.5 Å². The van der Waals surface area contributed by atoms with Crippen molar-refractivity contribution in [2.24, 2.45) is 0 Å². The first-order valence-electron chi connectivity index (χ1n) is 7.06. The predicted molar refractivity (Wildman–Crippen MR) is 82.5 cm³/mol. The van der Waals surface area contributed by atoms with Gasteiger partial charge in [-0.15, -0.1) is 11.3 Å². The van der Waals surface area contributed by atoms with Crippen LogP contribution < -0.4 is 5.56 Å². The maximum Gasteiger partial charge on any atom is 0.255 e. The van der Waals surface area contributed by atoms with Crippen LogP contribution >= 0.6 is 11.3 Å². The van der Waals surface area contributed by atoms with Gasteiger partial charge in [-0.05, 0) is 11.4 Å². The smallest absolute Gasteiger partial charge is 0.255 e. The van der Waals surface area contributed by atoms with Gasteiger partial charge in [-0.1, -0.05) is 6.07 Å². The quantitative estimate of drug-likeness (QED) is 0.801. The molecule has 1 aliphatic heterocycles. The molecule has 0 aromatic carbocycles. The highest BCUT2D eigenvalue weighted by molar-refractivity contribution is 7.13. The molecule has 0 saturated heterocycles. The minimum atomic E-state index is -0.0505. The largest absolute Gasteiger partial charge is 0.448 e. The third-order valence-corrected chi connectivity index (χ3v) is 4.62. The molecular formula is C15H14N4O2S. The fourth-order valence-electron chi connectivity index (χ4n) is 2.67. The van der Waals surface area contributed by atoms with Gasteiger partial charge in [0.2, 0.25) is 5.89 Å².